The molecule has 0 amide bonds. The maximum absolute atomic E-state index is 5.58. The molecule has 15 heavy (non-hydrogen) atoms. The number of halogens is 1. The summed E-state index contributed by atoms with van der Waals surface area (Å²) < 4.78 is 1.14. The van der Waals surface area contributed by atoms with Crippen LogP contribution in [0.2, 0.25) is 0 Å². The average molecular weight is 291 g/mol. The zero-order chi connectivity index (χ0) is 11.5. The van der Waals surface area contributed by atoms with Crippen LogP contribution in [0.4, 0.5) is 0 Å². The summed E-state index contributed by atoms with van der Waals surface area (Å²) in [6, 6.07) is 2.42. The summed E-state index contributed by atoms with van der Waals surface area (Å²) in [4.78, 5) is 1.30. The van der Waals surface area contributed by atoms with Crippen molar-refractivity contribution < 1.29 is 0 Å². The van der Waals surface area contributed by atoms with E-state index in [1.54, 1.807) is 11.3 Å². The Morgan fingerprint density at radius 3 is 2.60 bits per heavy atom. The molecule has 0 aromatic carbocycles. The molecule has 0 aliphatic heterocycles. The van der Waals surface area contributed by atoms with E-state index in [-0.39, 0.29) is 6.04 Å². The fraction of sp³-hybridized carbons (Fsp3) is 0.636. The molecule has 2 nitrogen and oxygen atoms in total. The number of hydrazine groups is 1. The molecule has 0 saturated carbocycles. The molecule has 1 heterocycles. The first-order chi connectivity index (χ1) is 6.92. The number of hydrogen-bond donors (Lipinski definition) is 2. The van der Waals surface area contributed by atoms with Crippen molar-refractivity contribution in [2.75, 3.05) is 0 Å². The van der Waals surface area contributed by atoms with Crippen LogP contribution in [0, 0.1) is 5.41 Å². The number of rotatable bonds is 4. The number of nitrogens with two attached hydrogens (primary N) is 1. The lowest BCUT2D eigenvalue weighted by Crippen LogP contribution is -2.28. The van der Waals surface area contributed by atoms with E-state index in [2.05, 4.69) is 53.6 Å². The molecule has 0 spiro atoms. The lowest BCUT2D eigenvalue weighted by Gasteiger charge is -2.22. The molecular formula is C11H19BrN2S. The molecular weight excluding hydrogens is 272 g/mol. The Kier molecular flexibility index (Phi) is 4.77. The quantitative estimate of drug-likeness (QED) is 0.653. The van der Waals surface area contributed by atoms with E-state index in [0.29, 0.717) is 5.41 Å². The first-order valence-corrected chi connectivity index (χ1v) is 6.80. The van der Waals surface area contributed by atoms with Crippen LogP contribution in [-0.2, 0) is 0 Å². The third-order valence-electron chi connectivity index (χ3n) is 2.32. The van der Waals surface area contributed by atoms with Gasteiger partial charge in [-0.2, -0.15) is 0 Å². The zero-order valence-corrected chi connectivity index (χ0v) is 11.9. The Hall–Kier alpha value is 0.1000. The highest BCUT2D eigenvalue weighted by atomic mass is 79.9. The number of thiophene rings is 1. The topological polar surface area (TPSA) is 38.0 Å². The van der Waals surface area contributed by atoms with Crippen molar-refractivity contribution in [1.29, 1.82) is 0 Å². The fourth-order valence-electron chi connectivity index (χ4n) is 1.40. The van der Waals surface area contributed by atoms with Crippen molar-refractivity contribution in [2.24, 2.45) is 11.3 Å². The van der Waals surface area contributed by atoms with Crippen LogP contribution in [0.3, 0.4) is 0 Å². The SMILES string of the molecule is CC(C)(C)CCC(NN)c1cc(Br)cs1. The maximum atomic E-state index is 5.58. The lowest BCUT2D eigenvalue weighted by atomic mass is 9.88. The molecule has 0 aliphatic carbocycles. The minimum absolute atomic E-state index is 0.278. The summed E-state index contributed by atoms with van der Waals surface area (Å²) in [5.74, 6) is 5.58. The summed E-state index contributed by atoms with van der Waals surface area (Å²) in [6.07, 6.45) is 2.24. The van der Waals surface area contributed by atoms with Gasteiger partial charge >= 0.3 is 0 Å². The van der Waals surface area contributed by atoms with Gasteiger partial charge in [0.1, 0.15) is 0 Å². The van der Waals surface area contributed by atoms with Gasteiger partial charge in [0, 0.05) is 14.7 Å². The minimum Gasteiger partial charge on any atom is -0.271 e. The molecule has 1 atom stereocenters. The van der Waals surface area contributed by atoms with Crippen LogP contribution in [0.5, 0.6) is 0 Å². The Morgan fingerprint density at radius 1 is 1.53 bits per heavy atom. The van der Waals surface area contributed by atoms with Gasteiger partial charge in [-0.05, 0) is 40.3 Å². The predicted octanol–water partition coefficient (Wildman–Crippen LogP) is 3.84. The Balaban J connectivity index is 2.57. The largest absolute Gasteiger partial charge is 0.271 e. The second-order valence-electron chi connectivity index (χ2n) is 4.99. The van der Waals surface area contributed by atoms with Crippen LogP contribution >= 0.6 is 27.3 Å². The molecule has 1 rings (SSSR count). The van der Waals surface area contributed by atoms with Crippen molar-refractivity contribution in [1.82, 2.24) is 5.43 Å². The van der Waals surface area contributed by atoms with Crippen molar-refractivity contribution in [3.8, 4) is 0 Å². The second-order valence-corrected chi connectivity index (χ2v) is 6.84. The molecule has 0 aliphatic rings. The van der Waals surface area contributed by atoms with E-state index >= 15 is 0 Å². The normalized spacial score (nSPS) is 14.2. The average Bonchev–Trinajstić information content (AvgIpc) is 2.51. The molecule has 0 fully saturated rings. The molecule has 0 bridgehead atoms. The van der Waals surface area contributed by atoms with Gasteiger partial charge in [0.2, 0.25) is 0 Å². The smallest absolute Gasteiger partial charge is 0.0553 e. The molecule has 0 radical (unpaired) electrons. The van der Waals surface area contributed by atoms with Gasteiger partial charge in [0.15, 0.2) is 0 Å². The van der Waals surface area contributed by atoms with Crippen LogP contribution in [0.1, 0.15) is 44.5 Å². The van der Waals surface area contributed by atoms with Crippen LogP contribution in [0.25, 0.3) is 0 Å². The number of hydrogen-bond acceptors (Lipinski definition) is 3. The van der Waals surface area contributed by atoms with E-state index in [9.17, 15) is 0 Å². The highest BCUT2D eigenvalue weighted by Crippen LogP contribution is 2.31. The van der Waals surface area contributed by atoms with Crippen LogP contribution in [-0.4, -0.2) is 0 Å². The first kappa shape index (κ1) is 13.2. The summed E-state index contributed by atoms with van der Waals surface area (Å²) in [7, 11) is 0. The minimum atomic E-state index is 0.278. The van der Waals surface area contributed by atoms with Crippen LogP contribution in [0.15, 0.2) is 15.9 Å². The third kappa shape index (κ3) is 4.64. The monoisotopic (exact) mass is 290 g/mol. The fourth-order valence-corrected chi connectivity index (χ4v) is 2.94. The molecule has 86 valence electrons. The highest BCUT2D eigenvalue weighted by Gasteiger charge is 2.16. The highest BCUT2D eigenvalue weighted by molar-refractivity contribution is 9.10. The number of nitrogens with one attached hydrogen (secondary N) is 1. The second kappa shape index (κ2) is 5.43. The van der Waals surface area contributed by atoms with Crippen LogP contribution < -0.4 is 11.3 Å². The molecule has 1 aromatic heterocycles. The maximum Gasteiger partial charge on any atom is 0.0553 e. The van der Waals surface area contributed by atoms with Gasteiger partial charge in [-0.1, -0.05) is 20.8 Å². The Bertz CT molecular complexity index is 304. The molecule has 1 aromatic rings. The zero-order valence-electron chi connectivity index (χ0n) is 9.51. The first-order valence-electron chi connectivity index (χ1n) is 5.12. The van der Waals surface area contributed by atoms with Crippen molar-refractivity contribution >= 4 is 27.3 Å². The summed E-state index contributed by atoms with van der Waals surface area (Å²) in [5.41, 5.74) is 3.26. The van der Waals surface area contributed by atoms with Gasteiger partial charge in [-0.3, -0.25) is 11.3 Å². The van der Waals surface area contributed by atoms with E-state index < -0.39 is 0 Å². The molecule has 0 saturated heterocycles. The predicted molar refractivity (Wildman–Crippen MR) is 70.8 cm³/mol. The van der Waals surface area contributed by atoms with Crippen molar-refractivity contribution in [3.63, 3.8) is 0 Å². The summed E-state index contributed by atoms with van der Waals surface area (Å²) in [5, 5.41) is 2.09. The lowest BCUT2D eigenvalue weighted by molar-refractivity contribution is 0.335. The van der Waals surface area contributed by atoms with Gasteiger partial charge in [-0.25, -0.2) is 0 Å². The van der Waals surface area contributed by atoms with Gasteiger partial charge < -0.3 is 0 Å². The summed E-state index contributed by atoms with van der Waals surface area (Å²) in [6.45, 7) is 6.76. The molecule has 3 N–H and O–H groups in total. The van der Waals surface area contributed by atoms with E-state index in [4.69, 9.17) is 5.84 Å². The summed E-state index contributed by atoms with van der Waals surface area (Å²) >= 11 is 5.21. The van der Waals surface area contributed by atoms with Gasteiger partial charge in [-0.15, -0.1) is 11.3 Å². The van der Waals surface area contributed by atoms with E-state index in [0.717, 1.165) is 17.3 Å². The standard InChI is InChI=1S/C11H19BrN2S/c1-11(2,3)5-4-9(14-13)10-6-8(12)7-15-10/h6-7,9,14H,4-5,13H2,1-3H3. The molecule has 1 unspecified atom stereocenters. The van der Waals surface area contributed by atoms with Gasteiger partial charge in [0.05, 0.1) is 6.04 Å². The van der Waals surface area contributed by atoms with Crippen molar-refractivity contribution in [3.05, 3.63) is 20.8 Å². The van der Waals surface area contributed by atoms with Crippen molar-refractivity contribution in [2.45, 2.75) is 39.7 Å². The Labute approximate surface area is 104 Å². The van der Waals surface area contributed by atoms with E-state index in [1.807, 2.05) is 0 Å². The van der Waals surface area contributed by atoms with Gasteiger partial charge in [0.25, 0.3) is 0 Å². The Morgan fingerprint density at radius 2 is 2.20 bits per heavy atom. The molecule has 4 heteroatoms. The van der Waals surface area contributed by atoms with E-state index in [1.165, 1.54) is 4.88 Å². The third-order valence-corrected chi connectivity index (χ3v) is 4.12.